The van der Waals surface area contributed by atoms with Crippen LogP contribution in [-0.4, -0.2) is 59.0 Å². The van der Waals surface area contributed by atoms with Gasteiger partial charge in [-0.25, -0.2) is 9.37 Å². The van der Waals surface area contributed by atoms with Crippen LogP contribution in [0.15, 0.2) is 41.2 Å². The van der Waals surface area contributed by atoms with Crippen LogP contribution in [0.1, 0.15) is 29.5 Å². The van der Waals surface area contributed by atoms with Crippen LogP contribution in [-0.2, 0) is 11.3 Å². The molecule has 3 aromatic rings. The van der Waals surface area contributed by atoms with Crippen LogP contribution in [0.4, 0.5) is 4.39 Å². The van der Waals surface area contributed by atoms with E-state index < -0.39 is 17.3 Å². The number of carbonyl (C=O) groups excluding carboxylic acids is 2. The number of ether oxygens (including phenoxy) is 1. The molecule has 184 valence electrons. The second kappa shape index (κ2) is 10.8. The summed E-state index contributed by atoms with van der Waals surface area (Å²) in [6.45, 7) is 3.68. The predicted molar refractivity (Wildman–Crippen MR) is 129 cm³/mol. The Balaban J connectivity index is 1.46. The molecule has 1 aromatic heterocycles. The lowest BCUT2D eigenvalue weighted by atomic mass is 10.1. The molecule has 11 heteroatoms. The van der Waals surface area contributed by atoms with Crippen molar-refractivity contribution in [2.75, 3.05) is 26.2 Å². The van der Waals surface area contributed by atoms with Crippen LogP contribution >= 0.6 is 11.6 Å². The third-order valence-electron chi connectivity index (χ3n) is 5.75. The van der Waals surface area contributed by atoms with Gasteiger partial charge >= 0.3 is 0 Å². The molecule has 1 aliphatic rings. The van der Waals surface area contributed by atoms with Crippen LogP contribution in [0.2, 0.25) is 5.02 Å². The minimum Gasteiger partial charge on any atom is -0.490 e. The molecule has 1 saturated heterocycles. The largest absolute Gasteiger partial charge is 0.490 e. The van der Waals surface area contributed by atoms with Crippen molar-refractivity contribution < 1.29 is 18.7 Å². The Morgan fingerprint density at radius 1 is 1.31 bits per heavy atom. The van der Waals surface area contributed by atoms with E-state index in [1.165, 1.54) is 13.0 Å². The number of aromatic nitrogens is 2. The second-order valence-electron chi connectivity index (χ2n) is 8.25. The van der Waals surface area contributed by atoms with Crippen molar-refractivity contribution in [2.45, 2.75) is 25.9 Å². The van der Waals surface area contributed by atoms with Gasteiger partial charge in [0, 0.05) is 44.2 Å². The molecule has 35 heavy (non-hydrogen) atoms. The zero-order chi connectivity index (χ0) is 24.9. The first-order valence-corrected chi connectivity index (χ1v) is 11.6. The molecule has 2 aromatic carbocycles. The Kier molecular flexibility index (Phi) is 7.62. The fourth-order valence-electron chi connectivity index (χ4n) is 3.95. The number of benzene rings is 2. The molecular weight excluding hydrogens is 477 g/mol. The quantitative estimate of drug-likeness (QED) is 0.457. The van der Waals surface area contributed by atoms with Crippen molar-refractivity contribution in [3.05, 3.63) is 69.0 Å². The minimum absolute atomic E-state index is 0.00234. The van der Waals surface area contributed by atoms with Crippen LogP contribution in [0.5, 0.6) is 5.75 Å². The number of nitrogens with zero attached hydrogens (tertiary/aromatic N) is 2. The molecular formula is C24H25ClFN5O4. The van der Waals surface area contributed by atoms with E-state index in [1.54, 1.807) is 29.2 Å². The lowest BCUT2D eigenvalue weighted by Crippen LogP contribution is -2.52. The smallest absolute Gasteiger partial charge is 0.287 e. The molecule has 2 amide bonds. The van der Waals surface area contributed by atoms with Gasteiger partial charge in [0.1, 0.15) is 5.39 Å². The summed E-state index contributed by atoms with van der Waals surface area (Å²) >= 11 is 5.96. The average molecular weight is 502 g/mol. The maximum absolute atomic E-state index is 14.6. The topological polar surface area (TPSA) is 116 Å². The highest BCUT2D eigenvalue weighted by Crippen LogP contribution is 2.25. The molecule has 0 spiro atoms. The van der Waals surface area contributed by atoms with Crippen LogP contribution in [0.25, 0.3) is 10.9 Å². The Bertz CT molecular complexity index is 1310. The molecule has 0 aliphatic carbocycles. The molecule has 1 aliphatic heterocycles. The Hall–Kier alpha value is -3.50. The molecule has 0 bridgehead atoms. The lowest BCUT2D eigenvalue weighted by molar-refractivity contribution is -0.130. The first-order valence-electron chi connectivity index (χ1n) is 11.2. The zero-order valence-corrected chi connectivity index (χ0v) is 19.8. The summed E-state index contributed by atoms with van der Waals surface area (Å²) in [6.07, 6.45) is 0.509. The van der Waals surface area contributed by atoms with Gasteiger partial charge in [0.05, 0.1) is 12.1 Å². The van der Waals surface area contributed by atoms with E-state index in [1.807, 2.05) is 0 Å². The summed E-state index contributed by atoms with van der Waals surface area (Å²) in [4.78, 5) is 45.3. The number of amides is 2. The van der Waals surface area contributed by atoms with Gasteiger partial charge in [-0.15, -0.1) is 0 Å². The van der Waals surface area contributed by atoms with Gasteiger partial charge < -0.3 is 25.3 Å². The number of rotatable bonds is 7. The molecule has 2 heterocycles. The molecule has 9 nitrogen and oxygen atoms in total. The van der Waals surface area contributed by atoms with Gasteiger partial charge in [-0.05, 0) is 36.2 Å². The maximum Gasteiger partial charge on any atom is 0.287 e. The van der Waals surface area contributed by atoms with Gasteiger partial charge in [0.2, 0.25) is 5.91 Å². The van der Waals surface area contributed by atoms with Gasteiger partial charge in [-0.3, -0.25) is 14.4 Å². The van der Waals surface area contributed by atoms with E-state index in [4.69, 9.17) is 16.3 Å². The fourth-order valence-corrected chi connectivity index (χ4v) is 4.16. The molecule has 4 rings (SSSR count). The van der Waals surface area contributed by atoms with Crippen molar-refractivity contribution >= 4 is 34.3 Å². The SMILES string of the molecule is CC(=O)N1CCNC(CCOc2c(F)ccc3nc(C(=O)NCc4cccc(Cl)c4)[nH]c(=O)c23)C1. The lowest BCUT2D eigenvalue weighted by Gasteiger charge is -2.33. The standard InChI is InChI=1S/C24H25ClFN5O4/c1-14(32)31-9-8-27-17(13-31)7-10-35-21-18(26)5-6-19-20(21)23(33)30-22(29-19)24(34)28-12-15-3-2-4-16(25)11-15/h2-6,11,17,27H,7-10,12-13H2,1H3,(H,28,34)(H,29,30,33). The van der Waals surface area contributed by atoms with E-state index in [0.29, 0.717) is 31.1 Å². The van der Waals surface area contributed by atoms with Crippen molar-refractivity contribution in [3.63, 3.8) is 0 Å². The van der Waals surface area contributed by atoms with Crippen molar-refractivity contribution in [3.8, 4) is 5.75 Å². The van der Waals surface area contributed by atoms with E-state index in [2.05, 4.69) is 20.6 Å². The average Bonchev–Trinajstić information content (AvgIpc) is 2.84. The third kappa shape index (κ3) is 5.95. The summed E-state index contributed by atoms with van der Waals surface area (Å²) in [7, 11) is 0. The third-order valence-corrected chi connectivity index (χ3v) is 5.98. The highest BCUT2D eigenvalue weighted by atomic mass is 35.5. The van der Waals surface area contributed by atoms with Gasteiger partial charge in [0.15, 0.2) is 17.4 Å². The number of nitrogens with one attached hydrogen (secondary N) is 3. The summed E-state index contributed by atoms with van der Waals surface area (Å²) in [6, 6.07) is 9.47. The maximum atomic E-state index is 14.6. The highest BCUT2D eigenvalue weighted by molar-refractivity contribution is 6.30. The number of aromatic amines is 1. The molecule has 0 saturated carbocycles. The Morgan fingerprint density at radius 3 is 2.91 bits per heavy atom. The normalized spacial score (nSPS) is 15.7. The Morgan fingerprint density at radius 2 is 2.14 bits per heavy atom. The number of H-pyrrole nitrogens is 1. The van der Waals surface area contributed by atoms with Crippen molar-refractivity contribution in [1.29, 1.82) is 0 Å². The van der Waals surface area contributed by atoms with Crippen LogP contribution in [0, 0.1) is 5.82 Å². The van der Waals surface area contributed by atoms with Gasteiger partial charge in [0.25, 0.3) is 11.5 Å². The van der Waals surface area contributed by atoms with Crippen LogP contribution < -0.4 is 20.9 Å². The number of halogens is 2. The van der Waals surface area contributed by atoms with E-state index in [-0.39, 0.29) is 47.6 Å². The zero-order valence-electron chi connectivity index (χ0n) is 19.1. The number of carbonyl (C=O) groups is 2. The van der Waals surface area contributed by atoms with Gasteiger partial charge in [-0.2, -0.15) is 0 Å². The van der Waals surface area contributed by atoms with E-state index in [0.717, 1.165) is 11.6 Å². The summed E-state index contributed by atoms with van der Waals surface area (Å²) in [5.74, 6) is -1.71. The van der Waals surface area contributed by atoms with E-state index >= 15 is 0 Å². The second-order valence-corrected chi connectivity index (χ2v) is 8.69. The molecule has 0 radical (unpaired) electrons. The summed E-state index contributed by atoms with van der Waals surface area (Å²) in [5.41, 5.74) is 0.234. The number of fused-ring (bicyclic) bond motifs is 1. The number of piperazine rings is 1. The van der Waals surface area contributed by atoms with Gasteiger partial charge in [-0.1, -0.05) is 23.7 Å². The Labute approximate surface area is 205 Å². The first kappa shape index (κ1) is 24.6. The minimum atomic E-state index is -0.704. The van der Waals surface area contributed by atoms with E-state index in [9.17, 15) is 18.8 Å². The number of hydrogen-bond acceptors (Lipinski definition) is 6. The summed E-state index contributed by atoms with van der Waals surface area (Å²) in [5, 5.41) is 6.44. The van der Waals surface area contributed by atoms with Crippen molar-refractivity contribution in [2.24, 2.45) is 0 Å². The highest BCUT2D eigenvalue weighted by Gasteiger charge is 2.22. The molecule has 1 unspecified atom stereocenters. The predicted octanol–water partition coefficient (Wildman–Crippen LogP) is 2.23. The number of hydrogen-bond donors (Lipinski definition) is 3. The molecule has 3 N–H and O–H groups in total. The molecule has 1 atom stereocenters. The first-order chi connectivity index (χ1) is 16.8. The van der Waals surface area contributed by atoms with Crippen LogP contribution in [0.3, 0.4) is 0 Å². The summed E-state index contributed by atoms with van der Waals surface area (Å²) < 4.78 is 20.2. The fraction of sp³-hybridized carbons (Fsp3) is 0.333. The monoisotopic (exact) mass is 501 g/mol. The van der Waals surface area contributed by atoms with Crippen molar-refractivity contribution in [1.82, 2.24) is 25.5 Å². The molecule has 1 fully saturated rings.